The summed E-state index contributed by atoms with van der Waals surface area (Å²) in [6.07, 6.45) is -5.10. The molecule has 1 aromatic heterocycles. The second kappa shape index (κ2) is 12.6. The smallest absolute Gasteiger partial charge is 0.416 e. The van der Waals surface area contributed by atoms with Crippen LogP contribution in [-0.4, -0.2) is 42.7 Å². The maximum atomic E-state index is 13.8. The number of esters is 1. The lowest BCUT2D eigenvalue weighted by Gasteiger charge is -2.33. The van der Waals surface area contributed by atoms with E-state index in [4.69, 9.17) is 14.2 Å². The van der Waals surface area contributed by atoms with Crippen molar-refractivity contribution < 1.29 is 37.0 Å². The summed E-state index contributed by atoms with van der Waals surface area (Å²) in [5.74, 6) is 0.249. The van der Waals surface area contributed by atoms with Crippen LogP contribution >= 0.6 is 0 Å². The molecule has 2 heterocycles. The van der Waals surface area contributed by atoms with E-state index in [1.54, 1.807) is 43.3 Å². The summed E-state index contributed by atoms with van der Waals surface area (Å²) in [6, 6.07) is 26.5. The Hall–Kier alpha value is -5.25. The largest absolute Gasteiger partial charge is 0.490 e. The Balaban J connectivity index is 1.21. The van der Waals surface area contributed by atoms with Gasteiger partial charge in [0.25, 0.3) is 5.91 Å². The predicted molar refractivity (Wildman–Crippen MR) is 167 cm³/mol. The van der Waals surface area contributed by atoms with Crippen LogP contribution in [0, 0.1) is 6.92 Å². The molecule has 0 bridgehead atoms. The predicted octanol–water partition coefficient (Wildman–Crippen LogP) is 7.22. The van der Waals surface area contributed by atoms with Gasteiger partial charge in [0, 0.05) is 23.7 Å². The number of nitrogens with zero attached hydrogens (tertiary/aromatic N) is 2. The number of anilines is 1. The second-order valence-electron chi connectivity index (χ2n) is 11.2. The van der Waals surface area contributed by atoms with Crippen molar-refractivity contribution in [3.8, 4) is 11.5 Å². The average Bonchev–Trinajstić information content (AvgIpc) is 3.32. The van der Waals surface area contributed by atoms with Gasteiger partial charge < -0.3 is 19.1 Å². The Morgan fingerprint density at radius 3 is 2.39 bits per heavy atom. The van der Waals surface area contributed by atoms with Crippen LogP contribution in [-0.2, 0) is 28.7 Å². The van der Waals surface area contributed by atoms with E-state index in [0.717, 1.165) is 29.1 Å². The van der Waals surface area contributed by atoms with Gasteiger partial charge in [-0.3, -0.25) is 14.2 Å². The molecule has 5 aromatic rings. The molecule has 6 rings (SSSR count). The third-order valence-electron chi connectivity index (χ3n) is 8.01. The standard InChI is InChI=1S/C36H31F3N2O5/c1-23-29(19-34(42)45-21-24-8-4-3-5-9-24)30-18-26(36(37,38)39)14-17-31(30)41(23)35(43)25-12-15-27(16-13-25)44-22-28-20-40(2)32-10-6-7-11-33(32)46-28/h3-18,28H,19-22H2,1-2H3/t28-/m0/s1. The van der Waals surface area contributed by atoms with Crippen molar-refractivity contribution >= 4 is 28.5 Å². The number of fused-ring (bicyclic) bond motifs is 2. The van der Waals surface area contributed by atoms with Crippen LogP contribution in [0.2, 0.25) is 0 Å². The number of rotatable bonds is 8. The molecule has 236 valence electrons. The number of para-hydroxylation sites is 2. The Labute approximate surface area is 263 Å². The molecule has 4 aromatic carbocycles. The SMILES string of the molecule is Cc1c(CC(=O)OCc2ccccc2)c2cc(C(F)(F)F)ccc2n1C(=O)c1ccc(OC[C@@H]2CN(C)c3ccccc3O2)cc1. The number of carbonyl (C=O) groups is 2. The van der Waals surface area contributed by atoms with Crippen molar-refractivity contribution in [2.45, 2.75) is 32.2 Å². The molecule has 10 heteroatoms. The van der Waals surface area contributed by atoms with E-state index >= 15 is 0 Å². The number of likely N-dealkylation sites (N-methyl/N-ethyl adjacent to an activating group) is 1. The number of halogens is 3. The first-order valence-electron chi connectivity index (χ1n) is 14.7. The highest BCUT2D eigenvalue weighted by Gasteiger charge is 2.32. The summed E-state index contributed by atoms with van der Waals surface area (Å²) in [4.78, 5) is 28.7. The maximum absolute atomic E-state index is 13.8. The summed E-state index contributed by atoms with van der Waals surface area (Å²) in [7, 11) is 1.99. The first kappa shape index (κ1) is 30.8. The first-order valence-corrected chi connectivity index (χ1v) is 14.7. The molecule has 0 saturated carbocycles. The quantitative estimate of drug-likeness (QED) is 0.169. The fourth-order valence-electron chi connectivity index (χ4n) is 5.67. The monoisotopic (exact) mass is 628 g/mol. The highest BCUT2D eigenvalue weighted by molar-refractivity contribution is 6.05. The minimum atomic E-state index is -4.60. The van der Waals surface area contributed by atoms with E-state index < -0.39 is 23.6 Å². The molecule has 0 amide bonds. The maximum Gasteiger partial charge on any atom is 0.416 e. The van der Waals surface area contributed by atoms with E-state index in [-0.39, 0.29) is 30.0 Å². The molecule has 1 aliphatic rings. The first-order chi connectivity index (χ1) is 22.1. The Bertz CT molecular complexity index is 1880. The fraction of sp³-hybridized carbons (Fsp3) is 0.222. The molecule has 0 saturated heterocycles. The number of benzene rings is 4. The van der Waals surface area contributed by atoms with E-state index in [1.165, 1.54) is 10.6 Å². The van der Waals surface area contributed by atoms with Crippen molar-refractivity contribution in [2.75, 3.05) is 25.1 Å². The van der Waals surface area contributed by atoms with Gasteiger partial charge >= 0.3 is 12.1 Å². The molecule has 0 fully saturated rings. The van der Waals surface area contributed by atoms with Crippen LogP contribution in [0.25, 0.3) is 10.9 Å². The van der Waals surface area contributed by atoms with Crippen molar-refractivity contribution in [2.24, 2.45) is 0 Å². The van der Waals surface area contributed by atoms with Crippen LogP contribution in [0.5, 0.6) is 11.5 Å². The zero-order valence-corrected chi connectivity index (χ0v) is 25.2. The third-order valence-corrected chi connectivity index (χ3v) is 8.01. The van der Waals surface area contributed by atoms with Gasteiger partial charge in [0.2, 0.25) is 0 Å². The van der Waals surface area contributed by atoms with Crippen LogP contribution in [0.15, 0.2) is 97.1 Å². The zero-order valence-electron chi connectivity index (χ0n) is 25.2. The number of alkyl halides is 3. The molecule has 0 N–H and O–H groups in total. The van der Waals surface area contributed by atoms with Gasteiger partial charge in [0.15, 0.2) is 0 Å². The summed E-state index contributed by atoms with van der Waals surface area (Å²) in [6.45, 7) is 2.57. The normalized spacial score (nSPS) is 14.5. The zero-order chi connectivity index (χ0) is 32.4. The summed E-state index contributed by atoms with van der Waals surface area (Å²) >= 11 is 0. The average molecular weight is 629 g/mol. The molecule has 0 unspecified atom stereocenters. The van der Waals surface area contributed by atoms with E-state index in [0.29, 0.717) is 35.7 Å². The van der Waals surface area contributed by atoms with Crippen molar-refractivity contribution in [1.82, 2.24) is 4.57 Å². The fourth-order valence-corrected chi connectivity index (χ4v) is 5.67. The van der Waals surface area contributed by atoms with E-state index in [1.807, 2.05) is 49.5 Å². The summed E-state index contributed by atoms with van der Waals surface area (Å²) in [5, 5.41) is 0.163. The van der Waals surface area contributed by atoms with Crippen molar-refractivity contribution in [3.05, 3.63) is 125 Å². The van der Waals surface area contributed by atoms with Gasteiger partial charge in [-0.2, -0.15) is 13.2 Å². The lowest BCUT2D eigenvalue weighted by atomic mass is 10.1. The molecular formula is C36H31F3N2O5. The molecular weight excluding hydrogens is 597 g/mol. The number of aromatic nitrogens is 1. The van der Waals surface area contributed by atoms with Crippen LogP contribution in [0.4, 0.5) is 18.9 Å². The molecule has 46 heavy (non-hydrogen) atoms. The lowest BCUT2D eigenvalue weighted by molar-refractivity contribution is -0.144. The van der Waals surface area contributed by atoms with Gasteiger partial charge in [-0.15, -0.1) is 0 Å². The van der Waals surface area contributed by atoms with Gasteiger partial charge in [0.1, 0.15) is 30.8 Å². The number of carbonyl (C=O) groups excluding carboxylic acids is 2. The van der Waals surface area contributed by atoms with Gasteiger partial charge in [-0.25, -0.2) is 0 Å². The highest BCUT2D eigenvalue weighted by atomic mass is 19.4. The molecule has 0 spiro atoms. The van der Waals surface area contributed by atoms with Gasteiger partial charge in [0.05, 0.1) is 29.7 Å². The Morgan fingerprint density at radius 1 is 0.935 bits per heavy atom. The number of hydrogen-bond acceptors (Lipinski definition) is 6. The van der Waals surface area contributed by atoms with Crippen molar-refractivity contribution in [1.29, 1.82) is 0 Å². The van der Waals surface area contributed by atoms with Crippen LogP contribution < -0.4 is 14.4 Å². The van der Waals surface area contributed by atoms with E-state index in [9.17, 15) is 22.8 Å². The van der Waals surface area contributed by atoms with Gasteiger partial charge in [-0.05, 0) is 72.6 Å². The molecule has 0 aliphatic carbocycles. The Morgan fingerprint density at radius 2 is 1.65 bits per heavy atom. The second-order valence-corrected chi connectivity index (χ2v) is 11.2. The summed E-state index contributed by atoms with van der Waals surface area (Å²) < 4.78 is 59.8. The molecule has 7 nitrogen and oxygen atoms in total. The topological polar surface area (TPSA) is 70.0 Å². The van der Waals surface area contributed by atoms with Crippen LogP contribution in [0.1, 0.15) is 32.7 Å². The van der Waals surface area contributed by atoms with Gasteiger partial charge in [-0.1, -0.05) is 42.5 Å². The minimum Gasteiger partial charge on any atom is -0.490 e. The van der Waals surface area contributed by atoms with Crippen molar-refractivity contribution in [3.63, 3.8) is 0 Å². The van der Waals surface area contributed by atoms with Crippen LogP contribution in [0.3, 0.4) is 0 Å². The molecule has 0 radical (unpaired) electrons. The third kappa shape index (κ3) is 6.42. The summed E-state index contributed by atoms with van der Waals surface area (Å²) in [5.41, 5.74) is 2.13. The van der Waals surface area contributed by atoms with E-state index in [2.05, 4.69) is 4.90 Å². The minimum absolute atomic E-state index is 0.0232. The lowest BCUT2D eigenvalue weighted by Crippen LogP contribution is -2.41. The molecule has 1 atom stereocenters. The highest BCUT2D eigenvalue weighted by Crippen LogP contribution is 2.36. The number of ether oxygens (including phenoxy) is 3. The Kier molecular flexibility index (Phi) is 8.44. The molecule has 1 aliphatic heterocycles. The number of hydrogen-bond donors (Lipinski definition) is 0.